The van der Waals surface area contributed by atoms with E-state index in [-0.39, 0.29) is 5.43 Å². The van der Waals surface area contributed by atoms with E-state index in [1.165, 1.54) is 0 Å². The number of H-pyrrole nitrogens is 1. The number of nitrogens with one attached hydrogen (secondary N) is 1. The minimum absolute atomic E-state index is 0.142. The first kappa shape index (κ1) is 12.7. The third-order valence-electron chi connectivity index (χ3n) is 3.78. The highest BCUT2D eigenvalue weighted by Gasteiger charge is 2.10. The van der Waals surface area contributed by atoms with E-state index in [9.17, 15) is 4.79 Å². The van der Waals surface area contributed by atoms with Crippen LogP contribution < -0.4 is 5.43 Å². The molecule has 0 spiro atoms. The number of hydrogen-bond donors (Lipinski definition) is 1. The molecule has 100 valence electrons. The van der Waals surface area contributed by atoms with Crippen LogP contribution in [0.4, 0.5) is 0 Å². The summed E-state index contributed by atoms with van der Waals surface area (Å²) < 4.78 is 0. The molecule has 0 saturated carbocycles. The molecule has 0 fully saturated rings. The number of aromatic nitrogens is 1. The number of pyridine rings is 1. The Morgan fingerprint density at radius 1 is 0.950 bits per heavy atom. The fourth-order valence-electron chi connectivity index (χ4n) is 2.63. The van der Waals surface area contributed by atoms with E-state index in [0.717, 1.165) is 33.3 Å². The van der Waals surface area contributed by atoms with Gasteiger partial charge in [-0.25, -0.2) is 0 Å². The van der Waals surface area contributed by atoms with E-state index in [1.807, 2.05) is 50.2 Å². The van der Waals surface area contributed by atoms with Crippen LogP contribution in [0.3, 0.4) is 0 Å². The van der Waals surface area contributed by atoms with Gasteiger partial charge in [-0.15, -0.1) is 0 Å². The summed E-state index contributed by atoms with van der Waals surface area (Å²) in [7, 11) is 0. The minimum atomic E-state index is 0.142. The van der Waals surface area contributed by atoms with Crippen LogP contribution in [0.2, 0.25) is 0 Å². The van der Waals surface area contributed by atoms with Gasteiger partial charge in [0.1, 0.15) is 0 Å². The number of fused-ring (bicyclic) bond motifs is 1. The molecule has 0 aliphatic rings. The van der Waals surface area contributed by atoms with Gasteiger partial charge in [0, 0.05) is 23.1 Å². The number of para-hydroxylation sites is 1. The van der Waals surface area contributed by atoms with Crippen molar-refractivity contribution in [2.75, 3.05) is 0 Å². The maximum Gasteiger partial charge on any atom is 0.193 e. The molecular weight excluding hydrogens is 246 g/mol. The van der Waals surface area contributed by atoms with Crippen molar-refractivity contribution in [3.05, 3.63) is 81.1 Å². The van der Waals surface area contributed by atoms with Crippen molar-refractivity contribution in [3.8, 4) is 0 Å². The van der Waals surface area contributed by atoms with Crippen molar-refractivity contribution in [1.82, 2.24) is 4.98 Å². The molecule has 2 nitrogen and oxygen atoms in total. The zero-order valence-electron chi connectivity index (χ0n) is 11.7. The van der Waals surface area contributed by atoms with Gasteiger partial charge in [0.2, 0.25) is 0 Å². The summed E-state index contributed by atoms with van der Waals surface area (Å²) in [5, 5.41) is 0.779. The standard InChI is InChI=1S/C18H17NO/c1-12-7-6-10-15-17(12)19-13(2)16(18(15)20)11-14-8-4-3-5-9-14/h3-10H,11H2,1-2H3,(H,19,20). The van der Waals surface area contributed by atoms with Gasteiger partial charge in [0.15, 0.2) is 5.43 Å². The molecule has 0 atom stereocenters. The summed E-state index contributed by atoms with van der Waals surface area (Å²) in [5.74, 6) is 0. The van der Waals surface area contributed by atoms with E-state index in [2.05, 4.69) is 17.1 Å². The average Bonchev–Trinajstić information content (AvgIpc) is 2.46. The number of aromatic amines is 1. The first-order valence-corrected chi connectivity index (χ1v) is 6.82. The van der Waals surface area contributed by atoms with Crippen LogP contribution in [0, 0.1) is 13.8 Å². The third kappa shape index (κ3) is 2.14. The molecule has 2 heteroatoms. The molecule has 0 radical (unpaired) electrons. The van der Waals surface area contributed by atoms with Gasteiger partial charge in [0.25, 0.3) is 0 Å². The smallest absolute Gasteiger partial charge is 0.193 e. The molecule has 2 aromatic carbocycles. The molecule has 20 heavy (non-hydrogen) atoms. The topological polar surface area (TPSA) is 32.9 Å². The highest BCUT2D eigenvalue weighted by Crippen LogP contribution is 2.17. The summed E-state index contributed by atoms with van der Waals surface area (Å²) in [4.78, 5) is 16.1. The van der Waals surface area contributed by atoms with Crippen molar-refractivity contribution in [2.24, 2.45) is 0 Å². The van der Waals surface area contributed by atoms with E-state index in [1.54, 1.807) is 0 Å². The first-order valence-electron chi connectivity index (χ1n) is 6.82. The van der Waals surface area contributed by atoms with E-state index < -0.39 is 0 Å². The Hall–Kier alpha value is -2.35. The Bertz CT molecular complexity index is 816. The molecule has 1 N–H and O–H groups in total. The van der Waals surface area contributed by atoms with Gasteiger partial charge in [-0.05, 0) is 31.0 Å². The predicted molar refractivity (Wildman–Crippen MR) is 83.3 cm³/mol. The summed E-state index contributed by atoms with van der Waals surface area (Å²) in [6, 6.07) is 16.0. The maximum atomic E-state index is 12.7. The van der Waals surface area contributed by atoms with Crippen LogP contribution in [0.5, 0.6) is 0 Å². The monoisotopic (exact) mass is 263 g/mol. The maximum absolute atomic E-state index is 12.7. The molecule has 3 rings (SSSR count). The molecular formula is C18H17NO. The second kappa shape index (κ2) is 4.97. The zero-order valence-corrected chi connectivity index (χ0v) is 11.7. The second-order valence-electron chi connectivity index (χ2n) is 5.22. The molecule has 1 heterocycles. The van der Waals surface area contributed by atoms with Crippen molar-refractivity contribution in [2.45, 2.75) is 20.3 Å². The normalized spacial score (nSPS) is 10.9. The lowest BCUT2D eigenvalue weighted by molar-refractivity contribution is 1.08. The highest BCUT2D eigenvalue weighted by atomic mass is 16.1. The lowest BCUT2D eigenvalue weighted by Gasteiger charge is -2.09. The van der Waals surface area contributed by atoms with Crippen molar-refractivity contribution >= 4 is 10.9 Å². The Morgan fingerprint density at radius 3 is 2.45 bits per heavy atom. The Balaban J connectivity index is 2.20. The highest BCUT2D eigenvalue weighted by molar-refractivity contribution is 5.82. The van der Waals surface area contributed by atoms with Crippen LogP contribution >= 0.6 is 0 Å². The summed E-state index contributed by atoms with van der Waals surface area (Å²) >= 11 is 0. The molecule has 3 aromatic rings. The van der Waals surface area contributed by atoms with E-state index in [4.69, 9.17) is 0 Å². The zero-order chi connectivity index (χ0) is 14.1. The first-order chi connectivity index (χ1) is 9.66. The number of rotatable bonds is 2. The Labute approximate surface area is 118 Å². The predicted octanol–water partition coefficient (Wildman–Crippen LogP) is 3.74. The second-order valence-corrected chi connectivity index (χ2v) is 5.22. The van der Waals surface area contributed by atoms with Crippen LogP contribution in [0.1, 0.15) is 22.4 Å². The van der Waals surface area contributed by atoms with Crippen LogP contribution in [-0.2, 0) is 6.42 Å². The Kier molecular flexibility index (Phi) is 3.15. The quantitative estimate of drug-likeness (QED) is 0.750. The lowest BCUT2D eigenvalue weighted by atomic mass is 10.00. The number of aryl methyl sites for hydroxylation is 2. The fraction of sp³-hybridized carbons (Fsp3) is 0.167. The van der Waals surface area contributed by atoms with E-state index in [0.29, 0.717) is 6.42 Å². The molecule has 0 unspecified atom stereocenters. The Morgan fingerprint density at radius 2 is 1.70 bits per heavy atom. The molecule has 0 aliphatic carbocycles. The number of hydrogen-bond acceptors (Lipinski definition) is 1. The summed E-state index contributed by atoms with van der Waals surface area (Å²) in [5.41, 5.74) is 5.17. The van der Waals surface area contributed by atoms with E-state index >= 15 is 0 Å². The lowest BCUT2D eigenvalue weighted by Crippen LogP contribution is -2.14. The molecule has 0 bridgehead atoms. The van der Waals surface area contributed by atoms with Gasteiger partial charge in [0.05, 0.1) is 5.52 Å². The molecule has 0 aliphatic heterocycles. The van der Waals surface area contributed by atoms with Crippen LogP contribution in [0.25, 0.3) is 10.9 Å². The molecule has 1 aromatic heterocycles. The number of benzene rings is 2. The minimum Gasteiger partial charge on any atom is -0.358 e. The largest absolute Gasteiger partial charge is 0.358 e. The van der Waals surface area contributed by atoms with Gasteiger partial charge in [-0.1, -0.05) is 42.5 Å². The van der Waals surface area contributed by atoms with Gasteiger partial charge in [-0.2, -0.15) is 0 Å². The van der Waals surface area contributed by atoms with Gasteiger partial charge >= 0.3 is 0 Å². The summed E-state index contributed by atoms with van der Waals surface area (Å²) in [6.45, 7) is 4.00. The third-order valence-corrected chi connectivity index (χ3v) is 3.78. The fourth-order valence-corrected chi connectivity index (χ4v) is 2.63. The van der Waals surface area contributed by atoms with Crippen molar-refractivity contribution in [3.63, 3.8) is 0 Å². The summed E-state index contributed by atoms with van der Waals surface area (Å²) in [6.07, 6.45) is 0.673. The molecule has 0 amide bonds. The average molecular weight is 263 g/mol. The van der Waals surface area contributed by atoms with Gasteiger partial charge in [-0.3, -0.25) is 4.79 Å². The van der Waals surface area contributed by atoms with Crippen LogP contribution in [-0.4, -0.2) is 4.98 Å². The molecule has 0 saturated heterocycles. The SMILES string of the molecule is Cc1[nH]c2c(C)cccc2c(=O)c1Cc1ccccc1. The van der Waals surface area contributed by atoms with Crippen molar-refractivity contribution in [1.29, 1.82) is 0 Å². The van der Waals surface area contributed by atoms with Crippen molar-refractivity contribution < 1.29 is 0 Å². The van der Waals surface area contributed by atoms with Gasteiger partial charge < -0.3 is 4.98 Å². The van der Waals surface area contributed by atoms with Crippen LogP contribution in [0.15, 0.2) is 53.3 Å².